The maximum Gasteiger partial charge on any atom is 0.0335 e. The Bertz CT molecular complexity index is 315. The molecule has 1 saturated heterocycles. The van der Waals surface area contributed by atoms with E-state index in [0.717, 1.165) is 11.8 Å². The summed E-state index contributed by atoms with van der Waals surface area (Å²) in [5.74, 6) is 1.74. The zero-order valence-corrected chi connectivity index (χ0v) is 13.2. The van der Waals surface area contributed by atoms with E-state index in [-0.39, 0.29) is 0 Å². The fourth-order valence-electron chi connectivity index (χ4n) is 4.49. The summed E-state index contributed by atoms with van der Waals surface area (Å²) in [7, 11) is 0. The monoisotopic (exact) mass is 264 g/mol. The summed E-state index contributed by atoms with van der Waals surface area (Å²) in [5.41, 5.74) is 0.897. The van der Waals surface area contributed by atoms with Crippen LogP contribution in [0.1, 0.15) is 65.7 Å². The number of piperazine rings is 1. The maximum absolute atomic E-state index is 3.98. The Kier molecular flexibility index (Phi) is 3.68. The van der Waals surface area contributed by atoms with Crippen LogP contribution in [0.25, 0.3) is 0 Å². The predicted octanol–water partition coefficient (Wildman–Crippen LogP) is 3.42. The number of nitrogens with one attached hydrogen (secondary N) is 1. The summed E-state index contributed by atoms with van der Waals surface area (Å²) in [5, 5.41) is 3.98. The van der Waals surface area contributed by atoms with Crippen LogP contribution in [0, 0.1) is 11.8 Å². The van der Waals surface area contributed by atoms with Crippen LogP contribution in [-0.4, -0.2) is 35.6 Å². The van der Waals surface area contributed by atoms with Crippen LogP contribution in [0.2, 0.25) is 0 Å². The summed E-state index contributed by atoms with van der Waals surface area (Å²) >= 11 is 0. The van der Waals surface area contributed by atoms with E-state index in [0.29, 0.717) is 11.1 Å². The molecule has 1 N–H and O–H groups in total. The number of hydrogen-bond donors (Lipinski definition) is 1. The summed E-state index contributed by atoms with van der Waals surface area (Å²) in [6.45, 7) is 11.1. The van der Waals surface area contributed by atoms with E-state index < -0.39 is 0 Å². The molecule has 0 aromatic heterocycles. The van der Waals surface area contributed by atoms with Gasteiger partial charge in [0.15, 0.2) is 0 Å². The molecule has 2 heteroatoms. The molecule has 19 heavy (non-hydrogen) atoms. The summed E-state index contributed by atoms with van der Waals surface area (Å²) < 4.78 is 0. The van der Waals surface area contributed by atoms with Gasteiger partial charge in [-0.1, -0.05) is 33.1 Å². The van der Waals surface area contributed by atoms with Gasteiger partial charge >= 0.3 is 0 Å². The van der Waals surface area contributed by atoms with Crippen LogP contribution in [0.5, 0.6) is 0 Å². The maximum atomic E-state index is 3.98. The average molecular weight is 264 g/mol. The smallest absolute Gasteiger partial charge is 0.0335 e. The Hall–Kier alpha value is -0.0800. The van der Waals surface area contributed by atoms with Crippen LogP contribution >= 0.6 is 0 Å². The quantitative estimate of drug-likeness (QED) is 0.840. The molecule has 0 radical (unpaired) electrons. The van der Waals surface area contributed by atoms with Crippen molar-refractivity contribution >= 4 is 0 Å². The van der Waals surface area contributed by atoms with Crippen molar-refractivity contribution in [3.05, 3.63) is 0 Å². The van der Waals surface area contributed by atoms with Crippen molar-refractivity contribution < 1.29 is 0 Å². The van der Waals surface area contributed by atoms with Gasteiger partial charge < -0.3 is 5.32 Å². The first-order valence-corrected chi connectivity index (χ1v) is 8.54. The molecule has 0 aromatic rings. The van der Waals surface area contributed by atoms with Gasteiger partial charge in [0.25, 0.3) is 0 Å². The third-order valence-corrected chi connectivity index (χ3v) is 5.86. The molecule has 0 bridgehead atoms. The second-order valence-corrected chi connectivity index (χ2v) is 8.10. The Balaban J connectivity index is 1.76. The third-order valence-electron chi connectivity index (χ3n) is 5.86. The lowest BCUT2D eigenvalue weighted by Crippen LogP contribution is -2.70. The molecular weight excluding hydrogens is 232 g/mol. The van der Waals surface area contributed by atoms with E-state index in [2.05, 4.69) is 31.0 Å². The Labute approximate surface area is 119 Å². The van der Waals surface area contributed by atoms with E-state index >= 15 is 0 Å². The van der Waals surface area contributed by atoms with Gasteiger partial charge in [-0.25, -0.2) is 0 Å². The molecule has 1 atom stereocenters. The second kappa shape index (κ2) is 5.04. The molecule has 0 amide bonds. The SMILES string of the molecule is CC(C)CN1CC(C)(C2CC2)NCC12CCCCC2. The van der Waals surface area contributed by atoms with Crippen LogP contribution < -0.4 is 5.32 Å². The van der Waals surface area contributed by atoms with Crippen LogP contribution in [0.3, 0.4) is 0 Å². The summed E-state index contributed by atoms with van der Waals surface area (Å²) in [6.07, 6.45) is 10.1. The highest BCUT2D eigenvalue weighted by atomic mass is 15.3. The molecule has 2 saturated carbocycles. The molecule has 1 unspecified atom stereocenters. The predicted molar refractivity (Wildman–Crippen MR) is 81.4 cm³/mol. The molecule has 2 aliphatic carbocycles. The van der Waals surface area contributed by atoms with E-state index in [9.17, 15) is 0 Å². The van der Waals surface area contributed by atoms with Crippen molar-refractivity contribution in [2.75, 3.05) is 19.6 Å². The van der Waals surface area contributed by atoms with Crippen molar-refractivity contribution in [3.8, 4) is 0 Å². The highest BCUT2D eigenvalue weighted by Gasteiger charge is 2.51. The lowest BCUT2D eigenvalue weighted by molar-refractivity contribution is -0.0272. The molecule has 1 heterocycles. The molecule has 3 fully saturated rings. The minimum absolute atomic E-state index is 0.400. The Morgan fingerprint density at radius 1 is 1.16 bits per heavy atom. The highest BCUT2D eigenvalue weighted by molar-refractivity contribution is 5.09. The van der Waals surface area contributed by atoms with Crippen molar-refractivity contribution in [1.82, 2.24) is 10.2 Å². The van der Waals surface area contributed by atoms with Crippen molar-refractivity contribution in [3.63, 3.8) is 0 Å². The van der Waals surface area contributed by atoms with Gasteiger partial charge in [0, 0.05) is 30.7 Å². The van der Waals surface area contributed by atoms with Crippen LogP contribution in [0.15, 0.2) is 0 Å². The lowest BCUT2D eigenvalue weighted by Gasteiger charge is -2.56. The zero-order chi connectivity index (χ0) is 13.5. The molecule has 1 spiro atoms. The van der Waals surface area contributed by atoms with Crippen molar-refractivity contribution in [1.29, 1.82) is 0 Å². The van der Waals surface area contributed by atoms with Gasteiger partial charge in [-0.3, -0.25) is 4.90 Å². The first kappa shape index (κ1) is 13.9. The first-order chi connectivity index (χ1) is 9.04. The largest absolute Gasteiger partial charge is 0.308 e. The van der Waals surface area contributed by atoms with Gasteiger partial charge in [-0.2, -0.15) is 0 Å². The fraction of sp³-hybridized carbons (Fsp3) is 1.00. The molecule has 1 aliphatic heterocycles. The average Bonchev–Trinajstić information content (AvgIpc) is 3.20. The Morgan fingerprint density at radius 3 is 2.42 bits per heavy atom. The van der Waals surface area contributed by atoms with Gasteiger partial charge in [0.1, 0.15) is 0 Å². The summed E-state index contributed by atoms with van der Waals surface area (Å²) in [4.78, 5) is 2.89. The van der Waals surface area contributed by atoms with E-state index in [4.69, 9.17) is 0 Å². The zero-order valence-electron chi connectivity index (χ0n) is 13.2. The second-order valence-electron chi connectivity index (χ2n) is 8.10. The molecule has 3 aliphatic rings. The topological polar surface area (TPSA) is 15.3 Å². The van der Waals surface area contributed by atoms with Gasteiger partial charge in [-0.15, -0.1) is 0 Å². The Morgan fingerprint density at radius 2 is 1.84 bits per heavy atom. The van der Waals surface area contributed by atoms with Crippen LogP contribution in [-0.2, 0) is 0 Å². The number of rotatable bonds is 3. The van der Waals surface area contributed by atoms with E-state index in [1.165, 1.54) is 64.6 Å². The van der Waals surface area contributed by atoms with Gasteiger partial charge in [-0.05, 0) is 44.4 Å². The number of nitrogens with zero attached hydrogens (tertiary/aromatic N) is 1. The van der Waals surface area contributed by atoms with Gasteiger partial charge in [0.05, 0.1) is 0 Å². The number of hydrogen-bond acceptors (Lipinski definition) is 2. The van der Waals surface area contributed by atoms with E-state index in [1.807, 2.05) is 0 Å². The normalized spacial score (nSPS) is 36.0. The molecule has 2 nitrogen and oxygen atoms in total. The molecule has 0 aromatic carbocycles. The van der Waals surface area contributed by atoms with Crippen LogP contribution in [0.4, 0.5) is 0 Å². The van der Waals surface area contributed by atoms with E-state index in [1.54, 1.807) is 0 Å². The summed E-state index contributed by atoms with van der Waals surface area (Å²) in [6, 6.07) is 0. The minimum Gasteiger partial charge on any atom is -0.308 e. The molecular formula is C17H32N2. The molecule has 3 rings (SSSR count). The van der Waals surface area contributed by atoms with Gasteiger partial charge in [0.2, 0.25) is 0 Å². The molecule has 110 valence electrons. The standard InChI is InChI=1S/C17H32N2/c1-14(2)11-19-13-16(3,15-7-8-15)18-12-17(19)9-5-4-6-10-17/h14-15,18H,4-13H2,1-3H3. The fourth-order valence-corrected chi connectivity index (χ4v) is 4.49. The third kappa shape index (κ3) is 2.71. The highest BCUT2D eigenvalue weighted by Crippen LogP contribution is 2.45. The lowest BCUT2D eigenvalue weighted by atomic mass is 9.75. The van der Waals surface area contributed by atoms with Crippen molar-refractivity contribution in [2.24, 2.45) is 11.8 Å². The minimum atomic E-state index is 0.400. The first-order valence-electron chi connectivity index (χ1n) is 8.54. The van der Waals surface area contributed by atoms with Crippen molar-refractivity contribution in [2.45, 2.75) is 76.8 Å².